The lowest BCUT2D eigenvalue weighted by Crippen LogP contribution is -2.06. The van der Waals surface area contributed by atoms with Crippen molar-refractivity contribution < 1.29 is 0 Å². The van der Waals surface area contributed by atoms with Crippen molar-refractivity contribution in [2.24, 2.45) is 5.73 Å². The van der Waals surface area contributed by atoms with Gasteiger partial charge in [-0.15, -0.1) is 0 Å². The summed E-state index contributed by atoms with van der Waals surface area (Å²) in [7, 11) is 0. The van der Waals surface area contributed by atoms with Crippen molar-refractivity contribution in [3.8, 4) is 5.82 Å². The highest BCUT2D eigenvalue weighted by molar-refractivity contribution is 5.32. The summed E-state index contributed by atoms with van der Waals surface area (Å²) in [5.41, 5.74) is 9.77. The third-order valence-corrected chi connectivity index (χ3v) is 2.46. The van der Waals surface area contributed by atoms with E-state index >= 15 is 0 Å². The lowest BCUT2D eigenvalue weighted by Gasteiger charge is -2.06. The molecule has 2 aromatic heterocycles. The van der Waals surface area contributed by atoms with Crippen LogP contribution in [0.2, 0.25) is 0 Å². The number of hydrogen-bond acceptors (Lipinski definition) is 3. The molecule has 0 aromatic carbocycles. The number of hydrogen-bond donors (Lipinski definition) is 1. The summed E-state index contributed by atoms with van der Waals surface area (Å²) >= 11 is 0. The monoisotopic (exact) mass is 216 g/mol. The first-order valence-corrected chi connectivity index (χ1v) is 5.31. The second kappa shape index (κ2) is 4.06. The van der Waals surface area contributed by atoms with Crippen LogP contribution in [0.15, 0.2) is 18.2 Å². The van der Waals surface area contributed by atoms with Gasteiger partial charge in [0, 0.05) is 17.9 Å². The van der Waals surface area contributed by atoms with Crippen LogP contribution in [0.3, 0.4) is 0 Å². The molecule has 16 heavy (non-hydrogen) atoms. The van der Waals surface area contributed by atoms with E-state index in [2.05, 4.69) is 10.1 Å². The van der Waals surface area contributed by atoms with E-state index in [9.17, 15) is 0 Å². The highest BCUT2D eigenvalue weighted by atomic mass is 15.3. The molecule has 4 nitrogen and oxygen atoms in total. The second-order valence-corrected chi connectivity index (χ2v) is 4.02. The molecule has 0 atom stereocenters. The van der Waals surface area contributed by atoms with Crippen molar-refractivity contribution in [1.29, 1.82) is 0 Å². The van der Waals surface area contributed by atoms with E-state index in [1.54, 1.807) is 0 Å². The molecule has 0 amide bonds. The van der Waals surface area contributed by atoms with E-state index in [1.807, 2.05) is 43.7 Å². The Morgan fingerprint density at radius 1 is 1.12 bits per heavy atom. The fraction of sp³-hybridized carbons (Fsp3) is 0.333. The Kier molecular flexibility index (Phi) is 2.75. The third kappa shape index (κ3) is 1.97. The molecule has 2 rings (SSSR count). The molecule has 0 aliphatic rings. The van der Waals surface area contributed by atoms with Crippen molar-refractivity contribution in [2.75, 3.05) is 0 Å². The van der Waals surface area contributed by atoms with Gasteiger partial charge in [0.1, 0.15) is 0 Å². The van der Waals surface area contributed by atoms with Gasteiger partial charge in [0.15, 0.2) is 5.82 Å². The van der Waals surface area contributed by atoms with Gasteiger partial charge in [-0.05, 0) is 44.5 Å². The van der Waals surface area contributed by atoms with Gasteiger partial charge >= 0.3 is 0 Å². The van der Waals surface area contributed by atoms with Gasteiger partial charge in [-0.3, -0.25) is 0 Å². The van der Waals surface area contributed by atoms with Gasteiger partial charge < -0.3 is 5.73 Å². The predicted molar refractivity (Wildman–Crippen MR) is 63.5 cm³/mol. The fourth-order valence-electron chi connectivity index (χ4n) is 1.81. The standard InChI is InChI=1S/C12H16N4/c1-8-5-11(7-13)6-12(14-8)16-10(3)4-9(2)15-16/h4-6H,7,13H2,1-3H3. The zero-order valence-corrected chi connectivity index (χ0v) is 9.86. The van der Waals surface area contributed by atoms with Crippen LogP contribution in [0.25, 0.3) is 5.82 Å². The van der Waals surface area contributed by atoms with Crippen molar-refractivity contribution >= 4 is 0 Å². The highest BCUT2D eigenvalue weighted by Crippen LogP contribution is 2.12. The zero-order valence-electron chi connectivity index (χ0n) is 9.86. The van der Waals surface area contributed by atoms with Crippen LogP contribution in [-0.4, -0.2) is 14.8 Å². The predicted octanol–water partition coefficient (Wildman–Crippen LogP) is 1.65. The molecule has 0 spiro atoms. The molecule has 84 valence electrons. The van der Waals surface area contributed by atoms with Crippen LogP contribution in [0.4, 0.5) is 0 Å². The van der Waals surface area contributed by atoms with E-state index < -0.39 is 0 Å². The second-order valence-electron chi connectivity index (χ2n) is 4.02. The van der Waals surface area contributed by atoms with Crippen LogP contribution < -0.4 is 5.73 Å². The van der Waals surface area contributed by atoms with Crippen LogP contribution in [0, 0.1) is 20.8 Å². The average Bonchev–Trinajstić information content (AvgIpc) is 2.57. The molecule has 2 heterocycles. The SMILES string of the molecule is Cc1cc(CN)cc(-n2nc(C)cc2C)n1. The molecular weight excluding hydrogens is 200 g/mol. The Morgan fingerprint density at radius 3 is 2.44 bits per heavy atom. The minimum atomic E-state index is 0.523. The normalized spacial score (nSPS) is 10.8. The summed E-state index contributed by atoms with van der Waals surface area (Å²) < 4.78 is 1.85. The molecule has 0 bridgehead atoms. The smallest absolute Gasteiger partial charge is 0.154 e. The Hall–Kier alpha value is -1.68. The fourth-order valence-corrected chi connectivity index (χ4v) is 1.81. The number of nitrogens with zero attached hydrogens (tertiary/aromatic N) is 3. The molecule has 0 unspecified atom stereocenters. The Labute approximate surface area is 95.1 Å². The first-order valence-electron chi connectivity index (χ1n) is 5.31. The Morgan fingerprint density at radius 2 is 1.88 bits per heavy atom. The quantitative estimate of drug-likeness (QED) is 0.830. The van der Waals surface area contributed by atoms with E-state index in [4.69, 9.17) is 5.73 Å². The van der Waals surface area contributed by atoms with Crippen molar-refractivity contribution in [1.82, 2.24) is 14.8 Å². The summed E-state index contributed by atoms with van der Waals surface area (Å²) in [6.07, 6.45) is 0. The topological polar surface area (TPSA) is 56.7 Å². The number of aromatic nitrogens is 3. The molecule has 0 saturated carbocycles. The molecule has 2 N–H and O–H groups in total. The molecule has 2 aromatic rings. The van der Waals surface area contributed by atoms with E-state index in [0.717, 1.165) is 28.5 Å². The largest absolute Gasteiger partial charge is 0.326 e. The highest BCUT2D eigenvalue weighted by Gasteiger charge is 2.06. The van der Waals surface area contributed by atoms with E-state index in [-0.39, 0.29) is 0 Å². The maximum absolute atomic E-state index is 5.65. The Bertz CT molecular complexity index is 514. The Balaban J connectivity index is 2.55. The molecule has 0 fully saturated rings. The number of pyridine rings is 1. The van der Waals surface area contributed by atoms with Crippen LogP contribution in [0.5, 0.6) is 0 Å². The summed E-state index contributed by atoms with van der Waals surface area (Å²) in [5.74, 6) is 0.839. The molecule has 0 saturated heterocycles. The summed E-state index contributed by atoms with van der Waals surface area (Å²) in [6, 6.07) is 6.01. The van der Waals surface area contributed by atoms with E-state index in [1.165, 1.54) is 0 Å². The van der Waals surface area contributed by atoms with Gasteiger partial charge in [-0.25, -0.2) is 9.67 Å². The maximum Gasteiger partial charge on any atom is 0.154 e. The first-order chi connectivity index (χ1) is 7.60. The number of rotatable bonds is 2. The van der Waals surface area contributed by atoms with E-state index in [0.29, 0.717) is 6.54 Å². The summed E-state index contributed by atoms with van der Waals surface area (Å²) in [4.78, 5) is 4.47. The summed E-state index contributed by atoms with van der Waals surface area (Å²) in [6.45, 7) is 6.49. The van der Waals surface area contributed by atoms with Crippen molar-refractivity contribution in [3.05, 3.63) is 40.8 Å². The average molecular weight is 216 g/mol. The molecule has 4 heteroatoms. The molecule has 0 radical (unpaired) electrons. The molecule has 0 aliphatic heterocycles. The minimum absolute atomic E-state index is 0.523. The number of aryl methyl sites for hydroxylation is 3. The van der Waals surface area contributed by atoms with Crippen LogP contribution >= 0.6 is 0 Å². The van der Waals surface area contributed by atoms with Gasteiger partial charge in [0.05, 0.1) is 5.69 Å². The van der Waals surface area contributed by atoms with Crippen LogP contribution in [-0.2, 0) is 6.54 Å². The van der Waals surface area contributed by atoms with Crippen molar-refractivity contribution in [2.45, 2.75) is 27.3 Å². The minimum Gasteiger partial charge on any atom is -0.326 e. The first kappa shape index (κ1) is 10.8. The third-order valence-electron chi connectivity index (χ3n) is 2.46. The molecular formula is C12H16N4. The zero-order chi connectivity index (χ0) is 11.7. The summed E-state index contributed by atoms with van der Waals surface area (Å²) in [5, 5.41) is 4.41. The van der Waals surface area contributed by atoms with Gasteiger partial charge in [0.2, 0.25) is 0 Å². The lowest BCUT2D eigenvalue weighted by molar-refractivity contribution is 0.797. The van der Waals surface area contributed by atoms with Crippen LogP contribution in [0.1, 0.15) is 22.6 Å². The molecule has 0 aliphatic carbocycles. The van der Waals surface area contributed by atoms with Gasteiger partial charge in [0.25, 0.3) is 0 Å². The number of nitrogens with two attached hydrogens (primary N) is 1. The van der Waals surface area contributed by atoms with Gasteiger partial charge in [-0.2, -0.15) is 5.10 Å². The maximum atomic E-state index is 5.65. The lowest BCUT2D eigenvalue weighted by atomic mass is 10.2. The van der Waals surface area contributed by atoms with Crippen molar-refractivity contribution in [3.63, 3.8) is 0 Å². The van der Waals surface area contributed by atoms with Gasteiger partial charge in [-0.1, -0.05) is 0 Å².